The summed E-state index contributed by atoms with van der Waals surface area (Å²) in [7, 11) is 0. The van der Waals surface area contributed by atoms with Crippen molar-refractivity contribution in [3.8, 4) is 11.1 Å². The number of carbonyl (C=O) groups excluding carboxylic acids is 2. The van der Waals surface area contributed by atoms with E-state index in [-0.39, 0.29) is 37.3 Å². The van der Waals surface area contributed by atoms with Crippen molar-refractivity contribution in [2.75, 3.05) is 13.2 Å². The van der Waals surface area contributed by atoms with Crippen molar-refractivity contribution in [3.05, 3.63) is 59.7 Å². The predicted octanol–water partition coefficient (Wildman–Crippen LogP) is 4.41. The second kappa shape index (κ2) is 11.0. The number of nitrogens with zero attached hydrogens (tertiary/aromatic N) is 1. The number of carbonyl (C=O) groups is 3. The summed E-state index contributed by atoms with van der Waals surface area (Å²) >= 11 is 0. The van der Waals surface area contributed by atoms with E-state index < -0.39 is 18.1 Å². The van der Waals surface area contributed by atoms with Crippen molar-refractivity contribution in [3.63, 3.8) is 0 Å². The molecule has 1 aliphatic carbocycles. The lowest BCUT2D eigenvalue weighted by Crippen LogP contribution is -2.42. The molecule has 2 aromatic rings. The van der Waals surface area contributed by atoms with Crippen molar-refractivity contribution in [1.29, 1.82) is 0 Å². The van der Waals surface area contributed by atoms with E-state index in [4.69, 9.17) is 9.84 Å². The minimum Gasteiger partial charge on any atom is -0.481 e. The number of alkyl carbamates (subject to hydrolysis) is 1. The largest absolute Gasteiger partial charge is 0.481 e. The highest BCUT2D eigenvalue weighted by atomic mass is 16.5. The number of fused-ring (bicyclic) bond motifs is 3. The molecule has 176 valence electrons. The first-order valence-corrected chi connectivity index (χ1v) is 11.4. The Morgan fingerprint density at radius 1 is 1.00 bits per heavy atom. The van der Waals surface area contributed by atoms with Gasteiger partial charge in [0.15, 0.2) is 0 Å². The van der Waals surface area contributed by atoms with Crippen LogP contribution in [0.2, 0.25) is 0 Å². The Balaban J connectivity index is 1.52. The molecule has 0 radical (unpaired) electrons. The minimum atomic E-state index is -0.878. The lowest BCUT2D eigenvalue weighted by Gasteiger charge is -2.28. The Kier molecular flexibility index (Phi) is 8.09. The van der Waals surface area contributed by atoms with Gasteiger partial charge < -0.3 is 20.1 Å². The van der Waals surface area contributed by atoms with Gasteiger partial charge >= 0.3 is 12.1 Å². The number of hydrogen-bond donors (Lipinski definition) is 2. The van der Waals surface area contributed by atoms with Gasteiger partial charge in [-0.05, 0) is 49.4 Å². The molecule has 0 bridgehead atoms. The van der Waals surface area contributed by atoms with Crippen molar-refractivity contribution < 1.29 is 24.2 Å². The first-order chi connectivity index (χ1) is 15.8. The molecule has 1 aliphatic rings. The van der Waals surface area contributed by atoms with Crippen LogP contribution in [0.1, 0.15) is 57.1 Å². The summed E-state index contributed by atoms with van der Waals surface area (Å²) in [5.74, 6) is -1.02. The molecule has 0 spiro atoms. The van der Waals surface area contributed by atoms with E-state index in [1.54, 1.807) is 11.8 Å². The Morgan fingerprint density at radius 2 is 1.58 bits per heavy atom. The van der Waals surface area contributed by atoms with E-state index in [2.05, 4.69) is 29.6 Å². The van der Waals surface area contributed by atoms with Gasteiger partial charge in [0, 0.05) is 37.4 Å². The van der Waals surface area contributed by atoms with Crippen LogP contribution in [0, 0.1) is 0 Å². The second-order valence-electron chi connectivity index (χ2n) is 8.75. The van der Waals surface area contributed by atoms with Gasteiger partial charge in [0.1, 0.15) is 6.61 Å². The van der Waals surface area contributed by atoms with Crippen LogP contribution in [0.3, 0.4) is 0 Å². The predicted molar refractivity (Wildman–Crippen MR) is 126 cm³/mol. The third kappa shape index (κ3) is 6.12. The molecule has 1 atom stereocenters. The van der Waals surface area contributed by atoms with Crippen LogP contribution in [0.25, 0.3) is 11.1 Å². The number of benzene rings is 2. The van der Waals surface area contributed by atoms with Gasteiger partial charge in [0.25, 0.3) is 0 Å². The van der Waals surface area contributed by atoms with E-state index in [0.717, 1.165) is 22.3 Å². The topological polar surface area (TPSA) is 95.9 Å². The third-order valence-electron chi connectivity index (χ3n) is 5.92. The smallest absolute Gasteiger partial charge is 0.407 e. The Morgan fingerprint density at radius 3 is 2.12 bits per heavy atom. The van der Waals surface area contributed by atoms with Gasteiger partial charge in [-0.1, -0.05) is 48.5 Å². The van der Waals surface area contributed by atoms with Crippen LogP contribution in [0.15, 0.2) is 48.5 Å². The molecule has 7 heteroatoms. The molecular weight excluding hydrogens is 420 g/mol. The Hall–Kier alpha value is -3.35. The SMILES string of the molecule is CC(CC(=O)N(CCCC(=O)O)C(C)C)NC(=O)OCC1c2ccccc2-c2ccccc21. The van der Waals surface area contributed by atoms with E-state index >= 15 is 0 Å². The monoisotopic (exact) mass is 452 g/mol. The van der Waals surface area contributed by atoms with Gasteiger partial charge in [0.05, 0.1) is 0 Å². The molecule has 33 heavy (non-hydrogen) atoms. The molecule has 1 unspecified atom stereocenters. The average molecular weight is 453 g/mol. The molecule has 0 saturated heterocycles. The number of amides is 2. The van der Waals surface area contributed by atoms with Crippen LogP contribution < -0.4 is 5.32 Å². The van der Waals surface area contributed by atoms with Crippen molar-refractivity contribution in [2.45, 2.75) is 58.0 Å². The number of nitrogens with one attached hydrogen (secondary N) is 1. The summed E-state index contributed by atoms with van der Waals surface area (Å²) in [4.78, 5) is 37.5. The molecule has 2 amide bonds. The molecule has 0 fully saturated rings. The normalized spacial score (nSPS) is 13.2. The summed E-state index contributed by atoms with van der Waals surface area (Å²) in [6, 6.07) is 15.8. The lowest BCUT2D eigenvalue weighted by molar-refractivity contribution is -0.138. The highest BCUT2D eigenvalue weighted by Crippen LogP contribution is 2.44. The molecule has 0 saturated carbocycles. The maximum Gasteiger partial charge on any atom is 0.407 e. The fourth-order valence-electron chi connectivity index (χ4n) is 4.34. The summed E-state index contributed by atoms with van der Waals surface area (Å²) in [6.07, 6.45) is -0.0217. The number of hydrogen-bond acceptors (Lipinski definition) is 4. The highest BCUT2D eigenvalue weighted by molar-refractivity contribution is 5.80. The summed E-state index contributed by atoms with van der Waals surface area (Å²) in [5.41, 5.74) is 4.61. The summed E-state index contributed by atoms with van der Waals surface area (Å²) in [5, 5.41) is 11.6. The molecule has 0 aromatic heterocycles. The van der Waals surface area contributed by atoms with Crippen LogP contribution in [0.5, 0.6) is 0 Å². The molecule has 0 aliphatic heterocycles. The van der Waals surface area contributed by atoms with Crippen molar-refractivity contribution >= 4 is 18.0 Å². The maximum atomic E-state index is 12.7. The molecule has 2 N–H and O–H groups in total. The van der Waals surface area contributed by atoms with E-state index in [9.17, 15) is 14.4 Å². The average Bonchev–Trinajstić information content (AvgIpc) is 3.08. The Labute approximate surface area is 194 Å². The van der Waals surface area contributed by atoms with Crippen LogP contribution >= 0.6 is 0 Å². The zero-order chi connectivity index (χ0) is 24.0. The maximum absolute atomic E-state index is 12.7. The molecule has 7 nitrogen and oxygen atoms in total. The fraction of sp³-hybridized carbons (Fsp3) is 0.423. The molecule has 3 rings (SSSR count). The zero-order valence-corrected chi connectivity index (χ0v) is 19.4. The van der Waals surface area contributed by atoms with Gasteiger partial charge in [-0.25, -0.2) is 4.79 Å². The standard InChI is InChI=1S/C26H32N2O5/c1-17(2)28(14-8-13-25(30)31)24(29)15-18(3)27-26(32)33-16-23-21-11-6-4-9-19(21)20-10-5-7-12-22(20)23/h4-7,9-12,17-18,23H,8,13-16H2,1-3H3,(H,27,32)(H,30,31). The van der Waals surface area contributed by atoms with Gasteiger partial charge in [-0.2, -0.15) is 0 Å². The molecule has 0 heterocycles. The Bertz CT molecular complexity index is 958. The van der Waals surface area contributed by atoms with E-state index in [1.807, 2.05) is 38.1 Å². The van der Waals surface area contributed by atoms with Crippen molar-refractivity contribution in [2.24, 2.45) is 0 Å². The minimum absolute atomic E-state index is 0.0179. The third-order valence-corrected chi connectivity index (χ3v) is 5.92. The highest BCUT2D eigenvalue weighted by Gasteiger charge is 2.29. The summed E-state index contributed by atoms with van der Waals surface area (Å²) in [6.45, 7) is 6.13. The van der Waals surface area contributed by atoms with Gasteiger partial charge in [0.2, 0.25) is 5.91 Å². The van der Waals surface area contributed by atoms with E-state index in [0.29, 0.717) is 13.0 Å². The number of carboxylic acids is 1. The number of ether oxygens (including phenoxy) is 1. The zero-order valence-electron chi connectivity index (χ0n) is 19.4. The fourth-order valence-corrected chi connectivity index (χ4v) is 4.34. The first-order valence-electron chi connectivity index (χ1n) is 11.4. The van der Waals surface area contributed by atoms with Crippen LogP contribution in [-0.2, 0) is 14.3 Å². The number of rotatable bonds is 10. The van der Waals surface area contributed by atoms with Crippen LogP contribution in [-0.4, -0.2) is 53.2 Å². The quantitative estimate of drug-likeness (QED) is 0.557. The second-order valence-corrected chi connectivity index (χ2v) is 8.75. The summed E-state index contributed by atoms with van der Waals surface area (Å²) < 4.78 is 5.55. The lowest BCUT2D eigenvalue weighted by atomic mass is 9.98. The number of carboxylic acid groups (broad SMARTS) is 1. The number of aliphatic carboxylic acids is 1. The van der Waals surface area contributed by atoms with Crippen molar-refractivity contribution in [1.82, 2.24) is 10.2 Å². The van der Waals surface area contributed by atoms with Gasteiger partial charge in [-0.3, -0.25) is 9.59 Å². The van der Waals surface area contributed by atoms with Gasteiger partial charge in [-0.15, -0.1) is 0 Å². The van der Waals surface area contributed by atoms with E-state index in [1.165, 1.54) is 0 Å². The first kappa shape index (κ1) is 24.3. The molecular formula is C26H32N2O5. The van der Waals surface area contributed by atoms with Crippen LogP contribution in [0.4, 0.5) is 4.79 Å². The molecule has 2 aromatic carbocycles.